The molecule has 0 saturated heterocycles. The highest BCUT2D eigenvalue weighted by Gasteiger charge is 2.22. The Kier molecular flexibility index (Phi) is 4.81. The molecule has 1 aliphatic carbocycles. The number of methoxy groups -OCH3 is 1. The molecule has 0 radical (unpaired) electrons. The van der Waals surface area contributed by atoms with Crippen molar-refractivity contribution in [1.82, 2.24) is 5.32 Å². The van der Waals surface area contributed by atoms with Crippen LogP contribution in [0, 0.1) is 23.2 Å². The molecule has 1 fully saturated rings. The summed E-state index contributed by atoms with van der Waals surface area (Å²) >= 11 is 0. The second kappa shape index (κ2) is 6.58. The summed E-state index contributed by atoms with van der Waals surface area (Å²) in [5.74, 6) is 2.33. The summed E-state index contributed by atoms with van der Waals surface area (Å²) in [6.45, 7) is 4.28. The van der Waals surface area contributed by atoms with Gasteiger partial charge in [-0.1, -0.05) is 25.8 Å². The third-order valence-electron chi connectivity index (χ3n) is 4.16. The molecule has 1 saturated carbocycles. The number of ether oxygens (including phenoxy) is 1. The van der Waals surface area contributed by atoms with E-state index in [1.54, 1.807) is 7.11 Å². The molecule has 0 aliphatic heterocycles. The van der Waals surface area contributed by atoms with E-state index < -0.39 is 0 Å². The van der Waals surface area contributed by atoms with E-state index in [4.69, 9.17) is 10.00 Å². The lowest BCUT2D eigenvalue weighted by atomic mass is 9.98. The van der Waals surface area contributed by atoms with Gasteiger partial charge in [0.15, 0.2) is 0 Å². The molecule has 19 heavy (non-hydrogen) atoms. The summed E-state index contributed by atoms with van der Waals surface area (Å²) in [7, 11) is 1.60. The third kappa shape index (κ3) is 3.48. The maximum atomic E-state index is 8.94. The number of hydrogen-bond donors (Lipinski definition) is 1. The first kappa shape index (κ1) is 13.9. The topological polar surface area (TPSA) is 45.0 Å². The molecule has 1 N–H and O–H groups in total. The van der Waals surface area contributed by atoms with Crippen LogP contribution in [-0.2, 0) is 6.54 Å². The molecular weight excluding hydrogens is 236 g/mol. The van der Waals surface area contributed by atoms with Crippen LogP contribution in [0.15, 0.2) is 18.2 Å². The largest absolute Gasteiger partial charge is 0.495 e. The average molecular weight is 258 g/mol. The van der Waals surface area contributed by atoms with Gasteiger partial charge in [-0.2, -0.15) is 5.26 Å². The van der Waals surface area contributed by atoms with Crippen molar-refractivity contribution in [2.45, 2.75) is 32.7 Å². The quantitative estimate of drug-likeness (QED) is 0.882. The molecule has 2 unspecified atom stereocenters. The van der Waals surface area contributed by atoms with Gasteiger partial charge in [-0.15, -0.1) is 0 Å². The molecule has 2 atom stereocenters. The lowest BCUT2D eigenvalue weighted by Crippen LogP contribution is -2.23. The first-order valence-corrected chi connectivity index (χ1v) is 7.02. The summed E-state index contributed by atoms with van der Waals surface area (Å²) in [5.41, 5.74) is 1.76. The zero-order chi connectivity index (χ0) is 13.7. The Balaban J connectivity index is 1.87. The molecule has 1 aliphatic rings. The van der Waals surface area contributed by atoms with Crippen molar-refractivity contribution in [1.29, 1.82) is 5.26 Å². The van der Waals surface area contributed by atoms with Crippen molar-refractivity contribution in [3.05, 3.63) is 29.3 Å². The van der Waals surface area contributed by atoms with E-state index in [2.05, 4.69) is 18.3 Å². The Morgan fingerprint density at radius 3 is 2.89 bits per heavy atom. The molecule has 2 rings (SSSR count). The van der Waals surface area contributed by atoms with Crippen molar-refractivity contribution < 1.29 is 4.74 Å². The van der Waals surface area contributed by atoms with Crippen LogP contribution in [0.4, 0.5) is 0 Å². The third-order valence-corrected chi connectivity index (χ3v) is 4.16. The van der Waals surface area contributed by atoms with Gasteiger partial charge in [-0.3, -0.25) is 0 Å². The highest BCUT2D eigenvalue weighted by Crippen LogP contribution is 2.30. The predicted molar refractivity (Wildman–Crippen MR) is 75.9 cm³/mol. The molecule has 102 valence electrons. The van der Waals surface area contributed by atoms with E-state index in [0.29, 0.717) is 11.3 Å². The summed E-state index contributed by atoms with van der Waals surface area (Å²) in [6.07, 6.45) is 4.10. The van der Waals surface area contributed by atoms with Crippen LogP contribution in [0.1, 0.15) is 37.3 Å². The smallest absolute Gasteiger partial charge is 0.136 e. The highest BCUT2D eigenvalue weighted by atomic mass is 16.5. The Hall–Kier alpha value is -1.53. The van der Waals surface area contributed by atoms with Gasteiger partial charge in [-0.05, 0) is 42.5 Å². The fourth-order valence-corrected chi connectivity index (χ4v) is 2.87. The van der Waals surface area contributed by atoms with E-state index in [0.717, 1.165) is 24.9 Å². The Morgan fingerprint density at radius 2 is 2.26 bits per heavy atom. The van der Waals surface area contributed by atoms with Gasteiger partial charge in [0, 0.05) is 6.54 Å². The minimum absolute atomic E-state index is 0.593. The molecule has 3 nitrogen and oxygen atoms in total. The summed E-state index contributed by atoms with van der Waals surface area (Å²) < 4.78 is 5.22. The van der Waals surface area contributed by atoms with Crippen molar-refractivity contribution in [3.8, 4) is 11.8 Å². The summed E-state index contributed by atoms with van der Waals surface area (Å²) in [6, 6.07) is 7.90. The molecule has 0 aromatic heterocycles. The Labute approximate surface area is 115 Å². The first-order valence-electron chi connectivity index (χ1n) is 7.02. The lowest BCUT2D eigenvalue weighted by molar-refractivity contribution is 0.391. The minimum Gasteiger partial charge on any atom is -0.495 e. The maximum absolute atomic E-state index is 8.94. The normalized spacial score (nSPS) is 22.2. The summed E-state index contributed by atoms with van der Waals surface area (Å²) in [4.78, 5) is 0. The van der Waals surface area contributed by atoms with Crippen molar-refractivity contribution in [2.75, 3.05) is 13.7 Å². The van der Waals surface area contributed by atoms with Crippen molar-refractivity contribution >= 4 is 0 Å². The molecule has 1 aromatic rings. The summed E-state index contributed by atoms with van der Waals surface area (Å²) in [5, 5.41) is 12.5. The molecule has 3 heteroatoms. The fourth-order valence-electron chi connectivity index (χ4n) is 2.87. The van der Waals surface area contributed by atoms with Crippen LogP contribution < -0.4 is 10.1 Å². The Morgan fingerprint density at radius 1 is 1.42 bits per heavy atom. The number of rotatable bonds is 5. The van der Waals surface area contributed by atoms with Gasteiger partial charge in [0.25, 0.3) is 0 Å². The molecule has 1 aromatic carbocycles. The number of nitrogens with zero attached hydrogens (tertiary/aromatic N) is 1. The van der Waals surface area contributed by atoms with Crippen molar-refractivity contribution in [2.24, 2.45) is 11.8 Å². The number of nitrogens with one attached hydrogen (secondary N) is 1. The van der Waals surface area contributed by atoms with Gasteiger partial charge in [0.05, 0.1) is 12.7 Å². The zero-order valence-electron chi connectivity index (χ0n) is 11.8. The fraction of sp³-hybridized carbons (Fsp3) is 0.562. The van der Waals surface area contributed by atoms with Crippen LogP contribution in [0.2, 0.25) is 0 Å². The lowest BCUT2D eigenvalue weighted by Gasteiger charge is -2.16. The van der Waals surface area contributed by atoms with Gasteiger partial charge in [0.2, 0.25) is 0 Å². The van der Waals surface area contributed by atoms with E-state index in [9.17, 15) is 0 Å². The van der Waals surface area contributed by atoms with Gasteiger partial charge >= 0.3 is 0 Å². The van der Waals surface area contributed by atoms with E-state index in [-0.39, 0.29) is 0 Å². The number of hydrogen-bond acceptors (Lipinski definition) is 3. The van der Waals surface area contributed by atoms with Crippen LogP contribution in [0.5, 0.6) is 5.75 Å². The Bertz CT molecular complexity index is 464. The predicted octanol–water partition coefficient (Wildman–Crippen LogP) is 3.09. The standard InChI is InChI=1S/C16H22N2O/c1-12-4-3-5-15(12)11-18-10-13-6-7-14(9-17)16(8-13)19-2/h6-8,12,15,18H,3-5,10-11H2,1-2H3. The SMILES string of the molecule is COc1cc(CNCC2CCCC2C)ccc1C#N. The van der Waals surface area contributed by atoms with Crippen LogP contribution in [-0.4, -0.2) is 13.7 Å². The monoisotopic (exact) mass is 258 g/mol. The second-order valence-corrected chi connectivity index (χ2v) is 5.45. The first-order chi connectivity index (χ1) is 9.24. The molecular formula is C16H22N2O. The molecule has 0 heterocycles. The van der Waals surface area contributed by atoms with Gasteiger partial charge in [0.1, 0.15) is 11.8 Å². The molecule has 0 amide bonds. The van der Waals surface area contributed by atoms with Crippen molar-refractivity contribution in [3.63, 3.8) is 0 Å². The second-order valence-electron chi connectivity index (χ2n) is 5.45. The van der Waals surface area contributed by atoms with E-state index in [1.165, 1.54) is 24.8 Å². The van der Waals surface area contributed by atoms with E-state index >= 15 is 0 Å². The average Bonchev–Trinajstić information content (AvgIpc) is 2.84. The maximum Gasteiger partial charge on any atom is 0.136 e. The van der Waals surface area contributed by atoms with Crippen LogP contribution in [0.25, 0.3) is 0 Å². The molecule has 0 bridgehead atoms. The van der Waals surface area contributed by atoms with Gasteiger partial charge < -0.3 is 10.1 Å². The van der Waals surface area contributed by atoms with E-state index in [1.807, 2.05) is 18.2 Å². The van der Waals surface area contributed by atoms with Crippen LogP contribution in [0.3, 0.4) is 0 Å². The van der Waals surface area contributed by atoms with Crippen LogP contribution >= 0.6 is 0 Å². The minimum atomic E-state index is 0.593. The number of benzene rings is 1. The zero-order valence-corrected chi connectivity index (χ0v) is 11.8. The van der Waals surface area contributed by atoms with Gasteiger partial charge in [-0.25, -0.2) is 0 Å². The molecule has 0 spiro atoms. The number of nitriles is 1. The highest BCUT2D eigenvalue weighted by molar-refractivity contribution is 5.45.